The van der Waals surface area contributed by atoms with E-state index < -0.39 is 26.7 Å². The Morgan fingerprint density at radius 1 is 1.28 bits per heavy atom. The topological polar surface area (TPSA) is 69.4 Å². The van der Waals surface area contributed by atoms with Crippen molar-refractivity contribution in [1.29, 1.82) is 0 Å². The molecule has 0 spiro atoms. The van der Waals surface area contributed by atoms with Crippen LogP contribution < -0.4 is 9.88 Å². The van der Waals surface area contributed by atoms with Crippen LogP contribution in [0.5, 0.6) is 5.75 Å². The Balaban J connectivity index is 2.47. The first kappa shape index (κ1) is 13.2. The van der Waals surface area contributed by atoms with Gasteiger partial charge in [-0.3, -0.25) is 0 Å². The Hall–Kier alpha value is -1.28. The van der Waals surface area contributed by atoms with Crippen molar-refractivity contribution >= 4 is 10.0 Å². The minimum atomic E-state index is -4.56. The van der Waals surface area contributed by atoms with Crippen LogP contribution >= 0.6 is 0 Å². The predicted octanol–water partition coefficient (Wildman–Crippen LogP) is 1.89. The molecular weight excluding hydrogens is 271 g/mol. The lowest BCUT2D eigenvalue weighted by molar-refractivity contribution is -0.137. The predicted molar refractivity (Wildman–Crippen MR) is 56.5 cm³/mol. The highest BCUT2D eigenvalue weighted by atomic mass is 32.2. The summed E-state index contributed by atoms with van der Waals surface area (Å²) in [7, 11) is -4.11. The Morgan fingerprint density at radius 3 is 2.33 bits per heavy atom. The molecule has 0 atom stereocenters. The number of hydrogen-bond donors (Lipinski definition) is 1. The molecule has 0 radical (unpaired) electrons. The van der Waals surface area contributed by atoms with Crippen molar-refractivity contribution in [2.75, 3.05) is 0 Å². The molecule has 1 aromatic carbocycles. The summed E-state index contributed by atoms with van der Waals surface area (Å²) >= 11 is 0. The number of nitrogens with two attached hydrogens (primary N) is 1. The van der Waals surface area contributed by atoms with Gasteiger partial charge in [0.05, 0.1) is 11.7 Å². The van der Waals surface area contributed by atoms with Crippen LogP contribution in [-0.4, -0.2) is 14.5 Å². The number of hydrogen-bond acceptors (Lipinski definition) is 3. The van der Waals surface area contributed by atoms with Crippen LogP contribution in [0.1, 0.15) is 18.4 Å². The molecule has 0 heterocycles. The molecule has 0 amide bonds. The van der Waals surface area contributed by atoms with E-state index >= 15 is 0 Å². The van der Waals surface area contributed by atoms with Crippen LogP contribution in [0, 0.1) is 0 Å². The second-order valence-electron chi connectivity index (χ2n) is 4.02. The largest absolute Gasteiger partial charge is 0.489 e. The molecule has 8 heteroatoms. The summed E-state index contributed by atoms with van der Waals surface area (Å²) in [6.07, 6.45) is -3.40. The van der Waals surface area contributed by atoms with E-state index in [9.17, 15) is 21.6 Å². The van der Waals surface area contributed by atoms with E-state index in [1.165, 1.54) is 0 Å². The number of ether oxygens (including phenoxy) is 1. The molecule has 2 rings (SSSR count). The molecule has 1 saturated carbocycles. The van der Waals surface area contributed by atoms with Gasteiger partial charge in [0, 0.05) is 0 Å². The first-order chi connectivity index (χ1) is 8.18. The molecule has 100 valence electrons. The van der Waals surface area contributed by atoms with E-state index in [-0.39, 0.29) is 11.9 Å². The molecule has 0 aliphatic heterocycles. The van der Waals surface area contributed by atoms with Crippen LogP contribution in [0.2, 0.25) is 0 Å². The average Bonchev–Trinajstić information content (AvgIpc) is 2.98. The highest BCUT2D eigenvalue weighted by Crippen LogP contribution is 2.36. The van der Waals surface area contributed by atoms with E-state index in [1.54, 1.807) is 0 Å². The maximum atomic E-state index is 12.5. The second kappa shape index (κ2) is 4.13. The van der Waals surface area contributed by atoms with Gasteiger partial charge in [-0.1, -0.05) is 0 Å². The summed E-state index contributed by atoms with van der Waals surface area (Å²) in [5.74, 6) is -0.338. The third-order valence-electron chi connectivity index (χ3n) is 2.40. The first-order valence-electron chi connectivity index (χ1n) is 5.08. The summed E-state index contributed by atoms with van der Waals surface area (Å²) in [6.45, 7) is 0. The van der Waals surface area contributed by atoms with Crippen molar-refractivity contribution in [3.8, 4) is 5.75 Å². The average molecular weight is 281 g/mol. The van der Waals surface area contributed by atoms with Crippen molar-refractivity contribution in [2.45, 2.75) is 30.0 Å². The van der Waals surface area contributed by atoms with Crippen LogP contribution in [0.15, 0.2) is 23.1 Å². The van der Waals surface area contributed by atoms with Gasteiger partial charge in [-0.05, 0) is 31.0 Å². The third kappa shape index (κ3) is 2.94. The van der Waals surface area contributed by atoms with Crippen molar-refractivity contribution in [2.24, 2.45) is 5.14 Å². The van der Waals surface area contributed by atoms with Gasteiger partial charge in [0.15, 0.2) is 0 Å². The molecule has 0 aromatic heterocycles. The molecule has 18 heavy (non-hydrogen) atoms. The molecule has 1 fully saturated rings. The highest BCUT2D eigenvalue weighted by Gasteiger charge is 2.33. The Bertz CT molecular complexity index is 564. The first-order valence-corrected chi connectivity index (χ1v) is 6.63. The zero-order valence-corrected chi connectivity index (χ0v) is 9.88. The number of primary sulfonamides is 1. The molecule has 0 saturated heterocycles. The van der Waals surface area contributed by atoms with Crippen LogP contribution in [0.3, 0.4) is 0 Å². The standard InChI is InChI=1S/C10H10F3NO3S/c11-10(12,13)6-1-4-9(18(14,15)16)8(5-6)17-7-2-3-7/h1,4-5,7H,2-3H2,(H2,14,15,16). The minimum Gasteiger partial charge on any atom is -0.489 e. The zero-order valence-electron chi connectivity index (χ0n) is 9.07. The van der Waals surface area contributed by atoms with Gasteiger partial charge in [0.2, 0.25) is 10.0 Å². The Morgan fingerprint density at radius 2 is 1.89 bits per heavy atom. The van der Waals surface area contributed by atoms with Crippen molar-refractivity contribution < 1.29 is 26.3 Å². The summed E-state index contributed by atoms with van der Waals surface area (Å²) in [4.78, 5) is -0.428. The SMILES string of the molecule is NS(=O)(=O)c1ccc(C(F)(F)F)cc1OC1CC1. The molecule has 0 bridgehead atoms. The van der Waals surface area contributed by atoms with Gasteiger partial charge in [0.1, 0.15) is 10.6 Å². The summed E-state index contributed by atoms with van der Waals surface area (Å²) in [5, 5.41) is 4.92. The second-order valence-corrected chi connectivity index (χ2v) is 5.55. The molecular formula is C10H10F3NO3S. The van der Waals surface area contributed by atoms with E-state index in [2.05, 4.69) is 0 Å². The smallest absolute Gasteiger partial charge is 0.416 e. The number of rotatable bonds is 3. The van der Waals surface area contributed by atoms with Gasteiger partial charge >= 0.3 is 6.18 Å². The van der Waals surface area contributed by atoms with E-state index in [4.69, 9.17) is 9.88 Å². The maximum absolute atomic E-state index is 12.5. The summed E-state index contributed by atoms with van der Waals surface area (Å²) in [6, 6.07) is 2.15. The lowest BCUT2D eigenvalue weighted by Gasteiger charge is -2.13. The summed E-state index contributed by atoms with van der Waals surface area (Å²) in [5.41, 5.74) is -0.967. The quantitative estimate of drug-likeness (QED) is 0.919. The van der Waals surface area contributed by atoms with Crippen molar-refractivity contribution in [3.63, 3.8) is 0 Å². The van der Waals surface area contributed by atoms with E-state index in [0.29, 0.717) is 25.0 Å². The van der Waals surface area contributed by atoms with Crippen LogP contribution in [-0.2, 0) is 16.2 Å². The molecule has 2 N–H and O–H groups in total. The Kier molecular flexibility index (Phi) is 3.02. The molecule has 0 unspecified atom stereocenters. The van der Waals surface area contributed by atoms with Gasteiger partial charge < -0.3 is 4.74 Å². The maximum Gasteiger partial charge on any atom is 0.416 e. The number of benzene rings is 1. The Labute approximate surface area is 102 Å². The number of sulfonamides is 1. The van der Waals surface area contributed by atoms with Gasteiger partial charge in [-0.2, -0.15) is 13.2 Å². The molecule has 4 nitrogen and oxygen atoms in total. The lowest BCUT2D eigenvalue weighted by Crippen LogP contribution is -2.15. The van der Waals surface area contributed by atoms with Crippen LogP contribution in [0.25, 0.3) is 0 Å². The van der Waals surface area contributed by atoms with E-state index in [0.717, 1.165) is 6.07 Å². The van der Waals surface area contributed by atoms with Crippen LogP contribution in [0.4, 0.5) is 13.2 Å². The fourth-order valence-electron chi connectivity index (χ4n) is 1.38. The summed E-state index contributed by atoms with van der Waals surface area (Å²) < 4.78 is 65.2. The van der Waals surface area contributed by atoms with Gasteiger partial charge in [-0.25, -0.2) is 13.6 Å². The fraction of sp³-hybridized carbons (Fsp3) is 0.400. The van der Waals surface area contributed by atoms with Crippen molar-refractivity contribution in [1.82, 2.24) is 0 Å². The normalized spacial score (nSPS) is 16.7. The molecule has 1 aromatic rings. The monoisotopic (exact) mass is 281 g/mol. The number of alkyl halides is 3. The van der Waals surface area contributed by atoms with Crippen molar-refractivity contribution in [3.05, 3.63) is 23.8 Å². The number of halogens is 3. The zero-order chi connectivity index (χ0) is 13.6. The fourth-order valence-corrected chi connectivity index (χ4v) is 2.02. The minimum absolute atomic E-state index is 0.228. The van der Waals surface area contributed by atoms with Gasteiger partial charge in [-0.15, -0.1) is 0 Å². The molecule has 1 aliphatic carbocycles. The molecule has 1 aliphatic rings. The lowest BCUT2D eigenvalue weighted by atomic mass is 10.2. The highest BCUT2D eigenvalue weighted by molar-refractivity contribution is 7.89. The third-order valence-corrected chi connectivity index (χ3v) is 3.35. The van der Waals surface area contributed by atoms with Gasteiger partial charge in [0.25, 0.3) is 0 Å². The van der Waals surface area contributed by atoms with E-state index in [1.807, 2.05) is 0 Å².